The van der Waals surface area contributed by atoms with Crippen LogP contribution >= 0.6 is 0 Å². The van der Waals surface area contributed by atoms with Gasteiger partial charge in [-0.2, -0.15) is 0 Å². The lowest BCUT2D eigenvalue weighted by Gasteiger charge is -2.45. The third kappa shape index (κ3) is 7.27. The number of aromatic nitrogens is 1. The van der Waals surface area contributed by atoms with Crippen LogP contribution in [0.3, 0.4) is 0 Å². The summed E-state index contributed by atoms with van der Waals surface area (Å²) in [5.74, 6) is 0. The highest BCUT2D eigenvalue weighted by atomic mass is 15.2. The zero-order chi connectivity index (χ0) is 51.1. The van der Waals surface area contributed by atoms with Gasteiger partial charge in [-0.3, -0.25) is 0 Å². The van der Waals surface area contributed by atoms with E-state index in [0.717, 1.165) is 22.7 Å². The Kier molecular flexibility index (Phi) is 10.6. The lowest BCUT2D eigenvalue weighted by molar-refractivity contribution is 0.641. The van der Waals surface area contributed by atoms with Crippen LogP contribution in [-0.4, -0.2) is 11.3 Å². The van der Waals surface area contributed by atoms with E-state index in [4.69, 9.17) is 0 Å². The molecule has 0 saturated carbocycles. The smallest absolute Gasteiger partial charge is 0.252 e. The Bertz CT molecular complexity index is 4090. The summed E-state index contributed by atoms with van der Waals surface area (Å²) < 4.78 is 2.49. The number of anilines is 6. The molecule has 1 aromatic heterocycles. The van der Waals surface area contributed by atoms with Crippen LogP contribution in [0.4, 0.5) is 34.1 Å². The monoisotopic (exact) mass is 973 g/mol. The second kappa shape index (κ2) is 17.8. The lowest BCUT2D eigenvalue weighted by Crippen LogP contribution is -2.61. The number of nitrogens with zero attached hydrogens (tertiary/aromatic N) is 3. The topological polar surface area (TPSA) is 11.4 Å². The van der Waals surface area contributed by atoms with E-state index in [9.17, 15) is 0 Å². The molecule has 12 aromatic rings. The summed E-state index contributed by atoms with van der Waals surface area (Å²) in [6.07, 6.45) is 0. The second-order valence-corrected chi connectivity index (χ2v) is 21.7. The summed E-state index contributed by atoms with van der Waals surface area (Å²) in [5, 5.41) is 2.48. The Morgan fingerprint density at radius 3 is 1.21 bits per heavy atom. The molecule has 0 saturated heterocycles. The Morgan fingerprint density at radius 2 is 0.671 bits per heavy atom. The molecule has 0 spiro atoms. The maximum Gasteiger partial charge on any atom is 0.252 e. The summed E-state index contributed by atoms with van der Waals surface area (Å²) in [6, 6.07) is 99.4. The van der Waals surface area contributed by atoms with Crippen LogP contribution < -0.4 is 26.2 Å². The zero-order valence-electron chi connectivity index (χ0n) is 43.3. The highest BCUT2D eigenvalue weighted by Crippen LogP contribution is 2.48. The Labute approximate surface area is 446 Å². The van der Waals surface area contributed by atoms with Crippen molar-refractivity contribution in [2.24, 2.45) is 0 Å². The van der Waals surface area contributed by atoms with E-state index < -0.39 is 0 Å². The number of hydrogen-bond acceptors (Lipinski definition) is 2. The normalized spacial score (nSPS) is 12.9. The number of fused-ring (bicyclic) bond motifs is 7. The Hall–Kier alpha value is -9.12. The largest absolute Gasteiger partial charge is 0.311 e. The van der Waals surface area contributed by atoms with E-state index in [0.29, 0.717) is 0 Å². The van der Waals surface area contributed by atoms with Crippen molar-refractivity contribution in [2.45, 2.75) is 38.5 Å². The van der Waals surface area contributed by atoms with Crippen LogP contribution in [0, 0.1) is 0 Å². The summed E-state index contributed by atoms with van der Waals surface area (Å²) in [5.41, 5.74) is 23.7. The molecular formula is C72H56BN3. The van der Waals surface area contributed by atoms with Gasteiger partial charge in [0.2, 0.25) is 0 Å². The summed E-state index contributed by atoms with van der Waals surface area (Å²) in [6.45, 7) is 9.31. The van der Waals surface area contributed by atoms with Crippen molar-refractivity contribution in [3.63, 3.8) is 0 Å². The molecule has 76 heavy (non-hydrogen) atoms. The molecule has 0 aliphatic carbocycles. The van der Waals surface area contributed by atoms with E-state index in [2.05, 4.69) is 309 Å². The minimum Gasteiger partial charge on any atom is -0.311 e. The first-order valence-electron chi connectivity index (χ1n) is 26.7. The fourth-order valence-corrected chi connectivity index (χ4v) is 12.6. The quantitative estimate of drug-likeness (QED) is 0.134. The number of benzene rings is 11. The van der Waals surface area contributed by atoms with Crippen molar-refractivity contribution in [3.8, 4) is 27.9 Å². The van der Waals surface area contributed by atoms with Gasteiger partial charge in [0, 0.05) is 55.7 Å². The fourth-order valence-electron chi connectivity index (χ4n) is 12.6. The first kappa shape index (κ1) is 45.5. The predicted molar refractivity (Wildman–Crippen MR) is 323 cm³/mol. The van der Waals surface area contributed by atoms with Gasteiger partial charge in [0.1, 0.15) is 0 Å². The molecule has 3 nitrogen and oxygen atoms in total. The minimum atomic E-state index is -0.273. The molecule has 362 valence electrons. The molecular weight excluding hydrogens is 918 g/mol. The summed E-state index contributed by atoms with van der Waals surface area (Å²) in [7, 11) is 0. The van der Waals surface area contributed by atoms with Crippen molar-refractivity contribution in [1.82, 2.24) is 4.57 Å². The molecule has 2 aliphatic rings. The summed E-state index contributed by atoms with van der Waals surface area (Å²) in [4.78, 5) is 5.13. The van der Waals surface area contributed by atoms with Gasteiger partial charge in [0.25, 0.3) is 6.71 Å². The van der Waals surface area contributed by atoms with Gasteiger partial charge in [-0.1, -0.05) is 234 Å². The molecule has 3 heterocycles. The number of para-hydroxylation sites is 2. The van der Waals surface area contributed by atoms with Gasteiger partial charge < -0.3 is 14.4 Å². The molecule has 0 amide bonds. The van der Waals surface area contributed by atoms with Gasteiger partial charge in [0.05, 0.1) is 16.7 Å². The van der Waals surface area contributed by atoms with E-state index in [-0.39, 0.29) is 17.5 Å². The molecule has 2 aliphatic heterocycles. The highest BCUT2D eigenvalue weighted by Gasteiger charge is 2.45. The second-order valence-electron chi connectivity index (χ2n) is 21.7. The molecule has 0 radical (unpaired) electrons. The maximum absolute atomic E-state index is 2.57. The lowest BCUT2D eigenvalue weighted by atomic mass is 9.33. The Balaban J connectivity index is 1.08. The van der Waals surface area contributed by atoms with E-state index in [1.165, 1.54) is 99.8 Å². The SMILES string of the molecule is CC(C)(c1ccccc1)c1ccc(N2c3ccc(C(C)(C)c4ccccc4)cc3B3c4cc(-c5ccccc5)ccc4N(c4ccc(-c5ccccc5)cc4)c4cc(-n5c6ccccc6c6ccccc65)cc2c43)cc1. The molecule has 0 bridgehead atoms. The predicted octanol–water partition coefficient (Wildman–Crippen LogP) is 16.9. The van der Waals surface area contributed by atoms with Crippen LogP contribution in [0.5, 0.6) is 0 Å². The average molecular weight is 974 g/mol. The first-order chi connectivity index (χ1) is 37.2. The third-order valence-electron chi connectivity index (χ3n) is 16.8. The van der Waals surface area contributed by atoms with Crippen molar-refractivity contribution >= 4 is 79.0 Å². The van der Waals surface area contributed by atoms with E-state index >= 15 is 0 Å². The first-order valence-corrected chi connectivity index (χ1v) is 26.7. The van der Waals surface area contributed by atoms with Crippen LogP contribution in [0.1, 0.15) is 49.9 Å². The van der Waals surface area contributed by atoms with Gasteiger partial charge >= 0.3 is 0 Å². The van der Waals surface area contributed by atoms with Gasteiger partial charge in [-0.15, -0.1) is 0 Å². The molecule has 0 N–H and O–H groups in total. The molecule has 0 fully saturated rings. The van der Waals surface area contributed by atoms with Crippen molar-refractivity contribution in [1.29, 1.82) is 0 Å². The van der Waals surface area contributed by atoms with Crippen molar-refractivity contribution < 1.29 is 0 Å². The fraction of sp³-hybridized carbons (Fsp3) is 0.0833. The number of hydrogen-bond donors (Lipinski definition) is 0. The average Bonchev–Trinajstić information content (AvgIpc) is 3.83. The van der Waals surface area contributed by atoms with Crippen LogP contribution in [0.15, 0.2) is 267 Å². The standard InChI is InChI=1S/C72H56BN3/c1-71(2,53-25-13-7-14-26-53)55-36-41-58(42-37-55)75-67-44-38-56(72(3,4)54-27-15-8-16-28-54)46-63(67)73-62-45-52(50-23-11-6-12-24-50)35-43-66(62)74(57-39-33-51(34-40-57)49-21-9-5-10-22-49)68-47-59(48-69(75)70(68)73)76-64-31-19-17-29-60(64)61-30-18-20-32-65(61)76/h5-48H,1-4H3. The Morgan fingerprint density at radius 1 is 0.289 bits per heavy atom. The molecule has 4 heteroatoms. The van der Waals surface area contributed by atoms with Gasteiger partial charge in [-0.25, -0.2) is 0 Å². The van der Waals surface area contributed by atoms with Gasteiger partial charge in [0.15, 0.2) is 0 Å². The van der Waals surface area contributed by atoms with Crippen molar-refractivity contribution in [2.75, 3.05) is 9.80 Å². The minimum absolute atomic E-state index is 0.107. The third-order valence-corrected chi connectivity index (χ3v) is 16.8. The summed E-state index contributed by atoms with van der Waals surface area (Å²) >= 11 is 0. The van der Waals surface area contributed by atoms with Crippen LogP contribution in [0.25, 0.3) is 49.7 Å². The molecule has 11 aromatic carbocycles. The molecule has 0 unspecified atom stereocenters. The van der Waals surface area contributed by atoms with E-state index in [1.807, 2.05) is 0 Å². The van der Waals surface area contributed by atoms with Crippen LogP contribution in [0.2, 0.25) is 0 Å². The molecule has 0 atom stereocenters. The maximum atomic E-state index is 2.57. The number of rotatable bonds is 9. The molecule has 14 rings (SSSR count). The van der Waals surface area contributed by atoms with E-state index in [1.54, 1.807) is 0 Å². The van der Waals surface area contributed by atoms with Gasteiger partial charge in [-0.05, 0) is 122 Å². The highest BCUT2D eigenvalue weighted by molar-refractivity contribution is 7.00. The van der Waals surface area contributed by atoms with Crippen molar-refractivity contribution in [3.05, 3.63) is 289 Å². The van der Waals surface area contributed by atoms with Crippen LogP contribution in [-0.2, 0) is 10.8 Å². The zero-order valence-corrected chi connectivity index (χ0v) is 43.3.